The molecular weight excluding hydrogens is 221 g/mol. The summed E-state index contributed by atoms with van der Waals surface area (Å²) in [5.41, 5.74) is -0.0188. The van der Waals surface area contributed by atoms with Gasteiger partial charge in [0.15, 0.2) is 0 Å². The molecule has 1 N–H and O–H groups in total. The van der Waals surface area contributed by atoms with E-state index in [9.17, 15) is 9.18 Å². The van der Waals surface area contributed by atoms with Crippen LogP contribution in [0.5, 0.6) is 5.75 Å². The molecule has 0 heterocycles. The van der Waals surface area contributed by atoms with Crippen LogP contribution in [0.25, 0.3) is 0 Å². The van der Waals surface area contributed by atoms with Crippen molar-refractivity contribution in [3.05, 3.63) is 29.6 Å². The van der Waals surface area contributed by atoms with Crippen molar-refractivity contribution in [2.75, 3.05) is 7.11 Å². The number of halogens is 1. The SMILES string of the molecule is C#CCC(C)NC(=O)c1ccc(OC)cc1F. The first-order chi connectivity index (χ1) is 8.08. The summed E-state index contributed by atoms with van der Waals surface area (Å²) in [6.07, 6.45) is 5.53. The van der Waals surface area contributed by atoms with Gasteiger partial charge in [-0.15, -0.1) is 12.3 Å². The Morgan fingerprint density at radius 3 is 2.88 bits per heavy atom. The first kappa shape index (κ1) is 13.0. The minimum Gasteiger partial charge on any atom is -0.497 e. The number of carbonyl (C=O) groups excluding carboxylic acids is 1. The van der Waals surface area contributed by atoms with Gasteiger partial charge in [-0.25, -0.2) is 4.39 Å². The topological polar surface area (TPSA) is 38.3 Å². The molecule has 1 aromatic carbocycles. The van der Waals surface area contributed by atoms with E-state index in [2.05, 4.69) is 11.2 Å². The molecule has 0 aliphatic carbocycles. The molecule has 0 aliphatic rings. The largest absolute Gasteiger partial charge is 0.497 e. The number of hydrogen-bond acceptors (Lipinski definition) is 2. The van der Waals surface area contributed by atoms with Gasteiger partial charge in [-0.1, -0.05) is 0 Å². The van der Waals surface area contributed by atoms with E-state index in [0.29, 0.717) is 12.2 Å². The Bertz CT molecular complexity index is 451. The maximum absolute atomic E-state index is 13.5. The average molecular weight is 235 g/mol. The Morgan fingerprint density at radius 1 is 1.65 bits per heavy atom. The van der Waals surface area contributed by atoms with Crippen LogP contribution in [0.3, 0.4) is 0 Å². The van der Waals surface area contributed by atoms with Crippen molar-refractivity contribution in [2.24, 2.45) is 0 Å². The highest BCUT2D eigenvalue weighted by atomic mass is 19.1. The van der Waals surface area contributed by atoms with Crippen LogP contribution in [0.2, 0.25) is 0 Å². The van der Waals surface area contributed by atoms with Crippen LogP contribution in [0.4, 0.5) is 4.39 Å². The molecule has 0 aliphatic heterocycles. The van der Waals surface area contributed by atoms with E-state index in [1.165, 1.54) is 25.3 Å². The van der Waals surface area contributed by atoms with Gasteiger partial charge in [0.25, 0.3) is 5.91 Å². The van der Waals surface area contributed by atoms with Crippen LogP contribution in [0.1, 0.15) is 23.7 Å². The van der Waals surface area contributed by atoms with Gasteiger partial charge in [-0.3, -0.25) is 4.79 Å². The third-order valence-electron chi connectivity index (χ3n) is 2.22. The van der Waals surface area contributed by atoms with Crippen molar-refractivity contribution >= 4 is 5.91 Å². The summed E-state index contributed by atoms with van der Waals surface area (Å²) in [5.74, 6) is 1.70. The van der Waals surface area contributed by atoms with Crippen molar-refractivity contribution in [3.8, 4) is 18.1 Å². The molecule has 1 unspecified atom stereocenters. The molecule has 1 atom stereocenters. The van der Waals surface area contributed by atoms with Gasteiger partial charge < -0.3 is 10.1 Å². The number of ether oxygens (including phenoxy) is 1. The quantitative estimate of drug-likeness (QED) is 0.810. The lowest BCUT2D eigenvalue weighted by Gasteiger charge is -2.11. The standard InChI is InChI=1S/C13H14FNO2/c1-4-5-9(2)15-13(16)11-7-6-10(17-3)8-12(11)14/h1,6-9H,5H2,2-3H3,(H,15,16). The van der Waals surface area contributed by atoms with Gasteiger partial charge in [0.1, 0.15) is 11.6 Å². The van der Waals surface area contributed by atoms with E-state index in [1.807, 2.05) is 0 Å². The van der Waals surface area contributed by atoms with Crippen molar-refractivity contribution < 1.29 is 13.9 Å². The Balaban J connectivity index is 2.79. The van der Waals surface area contributed by atoms with E-state index >= 15 is 0 Å². The van der Waals surface area contributed by atoms with Crippen LogP contribution < -0.4 is 10.1 Å². The predicted molar refractivity (Wildman–Crippen MR) is 63.3 cm³/mol. The number of hydrogen-bond donors (Lipinski definition) is 1. The smallest absolute Gasteiger partial charge is 0.254 e. The first-order valence-corrected chi connectivity index (χ1v) is 5.16. The van der Waals surface area contributed by atoms with E-state index in [0.717, 1.165) is 0 Å². The Morgan fingerprint density at radius 2 is 2.35 bits per heavy atom. The molecule has 1 rings (SSSR count). The molecule has 0 spiro atoms. The summed E-state index contributed by atoms with van der Waals surface area (Å²) in [6, 6.07) is 3.89. The highest BCUT2D eigenvalue weighted by molar-refractivity contribution is 5.94. The number of benzene rings is 1. The number of amides is 1. The summed E-state index contributed by atoms with van der Waals surface area (Å²) >= 11 is 0. The van der Waals surface area contributed by atoms with E-state index in [4.69, 9.17) is 11.2 Å². The third-order valence-corrected chi connectivity index (χ3v) is 2.22. The summed E-state index contributed by atoms with van der Waals surface area (Å²) in [4.78, 5) is 11.7. The normalized spacial score (nSPS) is 11.4. The van der Waals surface area contributed by atoms with E-state index < -0.39 is 11.7 Å². The molecule has 17 heavy (non-hydrogen) atoms. The molecule has 0 bridgehead atoms. The third kappa shape index (κ3) is 3.49. The van der Waals surface area contributed by atoms with Crippen LogP contribution in [0, 0.1) is 18.2 Å². The molecule has 0 aromatic heterocycles. The van der Waals surface area contributed by atoms with Gasteiger partial charge in [0, 0.05) is 18.5 Å². The number of methoxy groups -OCH3 is 1. The summed E-state index contributed by atoms with van der Waals surface area (Å²) in [7, 11) is 1.43. The second-order valence-electron chi connectivity index (χ2n) is 3.63. The Hall–Kier alpha value is -2.02. The van der Waals surface area contributed by atoms with Gasteiger partial charge in [0.05, 0.1) is 12.7 Å². The molecular formula is C13H14FNO2. The molecule has 3 nitrogen and oxygen atoms in total. The summed E-state index contributed by atoms with van der Waals surface area (Å²) in [6.45, 7) is 1.76. The summed E-state index contributed by atoms with van der Waals surface area (Å²) < 4.78 is 18.4. The van der Waals surface area contributed by atoms with Crippen molar-refractivity contribution in [3.63, 3.8) is 0 Å². The lowest BCUT2D eigenvalue weighted by molar-refractivity contribution is 0.0937. The van der Waals surface area contributed by atoms with Gasteiger partial charge in [-0.2, -0.15) is 0 Å². The maximum atomic E-state index is 13.5. The fourth-order valence-electron chi connectivity index (χ4n) is 1.34. The minimum atomic E-state index is -0.616. The zero-order valence-electron chi connectivity index (χ0n) is 9.79. The number of terminal acetylenes is 1. The van der Waals surface area contributed by atoms with Crippen molar-refractivity contribution in [1.82, 2.24) is 5.32 Å². The maximum Gasteiger partial charge on any atom is 0.254 e. The Kier molecular flexibility index (Phi) is 4.53. The molecule has 1 amide bonds. The fraction of sp³-hybridized carbons (Fsp3) is 0.308. The molecule has 0 saturated heterocycles. The molecule has 0 fully saturated rings. The van der Waals surface area contributed by atoms with Gasteiger partial charge in [-0.05, 0) is 19.1 Å². The highest BCUT2D eigenvalue weighted by Crippen LogP contribution is 2.16. The number of rotatable bonds is 4. The second kappa shape index (κ2) is 5.90. The molecule has 0 saturated carbocycles. The van der Waals surface area contributed by atoms with Gasteiger partial charge in [0.2, 0.25) is 0 Å². The van der Waals surface area contributed by atoms with Crippen molar-refractivity contribution in [2.45, 2.75) is 19.4 Å². The fourth-order valence-corrected chi connectivity index (χ4v) is 1.34. The van der Waals surface area contributed by atoms with E-state index in [1.54, 1.807) is 6.92 Å². The lowest BCUT2D eigenvalue weighted by Crippen LogP contribution is -2.32. The predicted octanol–water partition coefficient (Wildman–Crippen LogP) is 1.98. The number of carbonyl (C=O) groups is 1. The Labute approximate surface area is 100.0 Å². The van der Waals surface area contributed by atoms with E-state index in [-0.39, 0.29) is 11.6 Å². The monoisotopic (exact) mass is 235 g/mol. The first-order valence-electron chi connectivity index (χ1n) is 5.16. The van der Waals surface area contributed by atoms with Crippen LogP contribution in [-0.2, 0) is 0 Å². The average Bonchev–Trinajstić information content (AvgIpc) is 2.28. The number of nitrogens with one attached hydrogen (secondary N) is 1. The minimum absolute atomic E-state index is 0.0188. The molecule has 4 heteroatoms. The van der Waals surface area contributed by atoms with Crippen molar-refractivity contribution in [1.29, 1.82) is 0 Å². The van der Waals surface area contributed by atoms with Crippen LogP contribution in [0.15, 0.2) is 18.2 Å². The zero-order chi connectivity index (χ0) is 12.8. The second-order valence-corrected chi connectivity index (χ2v) is 3.63. The lowest BCUT2D eigenvalue weighted by atomic mass is 10.1. The highest BCUT2D eigenvalue weighted by Gasteiger charge is 2.14. The van der Waals surface area contributed by atoms with Crippen LogP contribution >= 0.6 is 0 Å². The van der Waals surface area contributed by atoms with Gasteiger partial charge >= 0.3 is 0 Å². The molecule has 0 radical (unpaired) electrons. The molecule has 1 aromatic rings. The summed E-state index contributed by atoms with van der Waals surface area (Å²) in [5, 5.41) is 2.61. The molecule has 90 valence electrons. The zero-order valence-corrected chi connectivity index (χ0v) is 9.79. The van der Waals surface area contributed by atoms with Crippen LogP contribution in [-0.4, -0.2) is 19.1 Å².